The van der Waals surface area contributed by atoms with Gasteiger partial charge in [0.05, 0.1) is 42.2 Å². The highest BCUT2D eigenvalue weighted by Crippen LogP contribution is 2.35. The molecule has 0 spiro atoms. The highest BCUT2D eigenvalue weighted by molar-refractivity contribution is 14.1. The molecular weight excluding hydrogens is 1660 g/mol. The zero-order valence-electron chi connectivity index (χ0n) is 41.1. The van der Waals surface area contributed by atoms with Crippen LogP contribution >= 0.6 is 136 Å². The molecule has 414 valence electrons. The predicted octanol–water partition coefficient (Wildman–Crippen LogP) is 7.77. The number of benzene rings is 2. The van der Waals surface area contributed by atoms with Gasteiger partial charge in [0, 0.05) is 60.4 Å². The Bertz CT molecular complexity index is 2270. The van der Waals surface area contributed by atoms with Crippen LogP contribution in [0.4, 0.5) is 11.4 Å². The van der Waals surface area contributed by atoms with Gasteiger partial charge in [0.1, 0.15) is 12.1 Å². The molecule has 0 saturated heterocycles. The second kappa shape index (κ2) is 36.5. The second-order valence-electron chi connectivity index (χ2n) is 17.1. The molecule has 0 saturated carbocycles. The fraction of sp³-hybridized carbons (Fsp3) is 0.521. The quantitative estimate of drug-likeness (QED) is 0.0179. The minimum absolute atomic E-state index is 0.139. The third kappa shape index (κ3) is 25.8. The first-order chi connectivity index (χ1) is 35.4. The summed E-state index contributed by atoms with van der Waals surface area (Å²) in [6.07, 6.45) is 6.56. The fourth-order valence-corrected chi connectivity index (χ4v) is 15.3. The number of carbonyl (C=O) groups is 9. The van der Waals surface area contributed by atoms with E-state index in [0.29, 0.717) is 75.6 Å². The molecule has 0 bridgehead atoms. The molecule has 0 heterocycles. The van der Waals surface area contributed by atoms with Crippen LogP contribution in [0.5, 0.6) is 0 Å². The average molecular weight is 1720 g/mol. The predicted molar refractivity (Wildman–Crippen MR) is 333 cm³/mol. The molecule has 0 aromatic heterocycles. The Kier molecular flexibility index (Phi) is 33.3. The van der Waals surface area contributed by atoms with Crippen molar-refractivity contribution in [3.05, 3.63) is 44.7 Å². The summed E-state index contributed by atoms with van der Waals surface area (Å²) in [5.41, 5.74) is 3.02. The van der Waals surface area contributed by atoms with E-state index in [1.54, 1.807) is 0 Å². The standard InChI is InChI=1S/C48H61I6N7O14/c1-3-26(45(68)69)19-28-30(49)21-32(51)43(41(28)53)59-36(62)11-7-5-9-15-55-38(64)23-57-34(47(72)73)13-17-61(25-40(66)67)18-14-35(48(74)75)58-24-39(65)56-16-10-6-8-12-37(63)60-44-33(52)22-31(50)29(42(44)54)20-27(4-2)46(70)71/h21-24,26-27,34-35H,3-20,25H2,1-2H3,(H,55,64)(H,56,65)(H,59,62)(H,60,63)(H,66,67)(H,68,69)(H,70,71)(H,72,73)(H,74,75). The number of carboxylic acid groups (broad SMARTS) is 5. The zero-order valence-corrected chi connectivity index (χ0v) is 54.0. The van der Waals surface area contributed by atoms with Crippen molar-refractivity contribution < 1.29 is 68.7 Å². The number of amides is 4. The first-order valence-corrected chi connectivity index (χ1v) is 30.3. The molecule has 0 aliphatic rings. The van der Waals surface area contributed by atoms with Crippen molar-refractivity contribution in [2.75, 3.05) is 43.4 Å². The number of unbranched alkanes of at least 4 members (excludes halogenated alkanes) is 4. The van der Waals surface area contributed by atoms with Gasteiger partial charge >= 0.3 is 29.8 Å². The van der Waals surface area contributed by atoms with Gasteiger partial charge in [-0.3, -0.25) is 48.4 Å². The van der Waals surface area contributed by atoms with Crippen molar-refractivity contribution >= 4 is 213 Å². The van der Waals surface area contributed by atoms with E-state index in [1.165, 1.54) is 4.90 Å². The highest BCUT2D eigenvalue weighted by atomic mass is 127. The van der Waals surface area contributed by atoms with E-state index in [4.69, 9.17) is 0 Å². The van der Waals surface area contributed by atoms with Gasteiger partial charge in [-0.25, -0.2) is 9.59 Å². The maximum absolute atomic E-state index is 12.8. The van der Waals surface area contributed by atoms with Crippen molar-refractivity contribution in [3.8, 4) is 0 Å². The van der Waals surface area contributed by atoms with Crippen LogP contribution in [0.2, 0.25) is 0 Å². The van der Waals surface area contributed by atoms with Crippen molar-refractivity contribution in [3.63, 3.8) is 0 Å². The monoisotopic (exact) mass is 1720 g/mol. The van der Waals surface area contributed by atoms with E-state index in [1.807, 2.05) is 26.0 Å². The maximum Gasteiger partial charge on any atom is 0.328 e. The first-order valence-electron chi connectivity index (χ1n) is 23.8. The van der Waals surface area contributed by atoms with Crippen LogP contribution in [0.25, 0.3) is 0 Å². The molecule has 21 nitrogen and oxygen atoms in total. The van der Waals surface area contributed by atoms with Crippen LogP contribution < -0.4 is 21.3 Å². The molecular formula is C48H61I6N7O14. The number of halogens is 6. The Hall–Kier alpha value is -2.65. The van der Waals surface area contributed by atoms with Crippen molar-refractivity contribution in [2.45, 2.75) is 116 Å². The number of hydrogen-bond donors (Lipinski definition) is 9. The van der Waals surface area contributed by atoms with E-state index in [9.17, 15) is 68.7 Å². The topological polar surface area (TPSA) is 331 Å². The Balaban J connectivity index is 1.79. The maximum atomic E-state index is 12.8. The van der Waals surface area contributed by atoms with Crippen LogP contribution in [0.1, 0.15) is 102 Å². The van der Waals surface area contributed by atoms with Crippen LogP contribution in [0.3, 0.4) is 0 Å². The molecule has 4 amide bonds. The summed E-state index contributed by atoms with van der Waals surface area (Å²) in [5.74, 6) is -8.55. The Morgan fingerprint density at radius 1 is 0.547 bits per heavy atom. The highest BCUT2D eigenvalue weighted by Gasteiger charge is 2.25. The molecule has 2 aromatic carbocycles. The van der Waals surface area contributed by atoms with Gasteiger partial charge in [0.25, 0.3) is 11.8 Å². The Labute approximate surface area is 516 Å². The summed E-state index contributed by atoms with van der Waals surface area (Å²) in [6.45, 7) is 3.26. The number of nitrogens with zero attached hydrogens (tertiary/aromatic N) is 3. The first kappa shape index (κ1) is 68.5. The molecule has 0 aliphatic heterocycles. The minimum atomic E-state index is -1.42. The number of rotatable bonds is 36. The smallest absolute Gasteiger partial charge is 0.328 e. The number of aliphatic carboxylic acids is 5. The summed E-state index contributed by atoms with van der Waals surface area (Å²) in [5, 5.41) is 59.3. The van der Waals surface area contributed by atoms with Gasteiger partial charge in [-0.1, -0.05) is 26.7 Å². The second-order valence-corrected chi connectivity index (χ2v) is 23.9. The fourth-order valence-electron chi connectivity index (χ4n) is 7.17. The summed E-state index contributed by atoms with van der Waals surface area (Å²) in [6, 6.07) is 0.969. The van der Waals surface area contributed by atoms with E-state index < -0.39 is 72.1 Å². The molecule has 9 N–H and O–H groups in total. The van der Waals surface area contributed by atoms with Crippen LogP contribution in [0.15, 0.2) is 22.1 Å². The lowest BCUT2D eigenvalue weighted by molar-refractivity contribution is -0.142. The summed E-state index contributed by atoms with van der Waals surface area (Å²) >= 11 is 12.9. The van der Waals surface area contributed by atoms with E-state index >= 15 is 0 Å². The van der Waals surface area contributed by atoms with Gasteiger partial charge in [-0.2, -0.15) is 0 Å². The van der Waals surface area contributed by atoms with Crippen LogP contribution in [0, 0.1) is 33.3 Å². The third-order valence-electron chi connectivity index (χ3n) is 11.5. The molecule has 2 rings (SSSR count). The zero-order chi connectivity index (χ0) is 56.4. The number of hydrogen-bond acceptors (Lipinski definition) is 12. The van der Waals surface area contributed by atoms with Crippen molar-refractivity contribution in [1.29, 1.82) is 0 Å². The molecule has 27 heteroatoms. The largest absolute Gasteiger partial charge is 0.481 e. The van der Waals surface area contributed by atoms with Crippen LogP contribution in [-0.2, 0) is 56.0 Å². The lowest BCUT2D eigenvalue weighted by Crippen LogP contribution is -2.37. The molecule has 4 unspecified atom stereocenters. The number of aliphatic imine (C=N–C) groups is 2. The Morgan fingerprint density at radius 2 is 0.920 bits per heavy atom. The number of carbonyl (C=O) groups excluding carboxylic acids is 4. The van der Waals surface area contributed by atoms with Gasteiger partial charge in [-0.15, -0.1) is 0 Å². The summed E-state index contributed by atoms with van der Waals surface area (Å²) in [4.78, 5) is 119. The van der Waals surface area contributed by atoms with Gasteiger partial charge in [0.15, 0.2) is 0 Å². The normalized spacial score (nSPS) is 13.0. The SMILES string of the molecule is CCC(Cc1c(I)cc(I)c(NC(=O)CCCCCNC(=O)C=NC(CCN(CCC(N=CC(=O)NCCCCCC(=O)Nc2c(I)cc(I)c(CC(CC)C(=O)O)c2I)C(=O)O)CC(=O)O)C(=O)O)c1I)C(=O)O. The van der Waals surface area contributed by atoms with Crippen molar-refractivity contribution in [1.82, 2.24) is 15.5 Å². The molecule has 0 radical (unpaired) electrons. The molecule has 0 aliphatic carbocycles. The molecule has 75 heavy (non-hydrogen) atoms. The average Bonchev–Trinajstić information content (AvgIpc) is 3.32. The lowest BCUT2D eigenvalue weighted by Gasteiger charge is -2.22. The Morgan fingerprint density at radius 3 is 1.24 bits per heavy atom. The minimum Gasteiger partial charge on any atom is -0.481 e. The van der Waals surface area contributed by atoms with Gasteiger partial charge in [-0.05, 0) is 223 Å². The summed E-state index contributed by atoms with van der Waals surface area (Å²) in [7, 11) is 0. The van der Waals surface area contributed by atoms with Crippen molar-refractivity contribution in [2.24, 2.45) is 21.8 Å². The number of anilines is 2. The third-order valence-corrected chi connectivity index (χ3v) is 17.5. The number of nitrogens with one attached hydrogen (secondary N) is 4. The van der Waals surface area contributed by atoms with Crippen LogP contribution in [-0.4, -0.2) is 141 Å². The van der Waals surface area contributed by atoms with E-state index in [-0.39, 0.29) is 63.7 Å². The van der Waals surface area contributed by atoms with E-state index in [2.05, 4.69) is 167 Å². The lowest BCUT2D eigenvalue weighted by atomic mass is 9.97. The van der Waals surface area contributed by atoms with E-state index in [0.717, 1.165) is 45.0 Å². The molecule has 0 fully saturated rings. The number of carboxylic acids is 5. The van der Waals surface area contributed by atoms with Gasteiger partial charge < -0.3 is 46.8 Å². The summed E-state index contributed by atoms with van der Waals surface area (Å²) < 4.78 is 5.10. The molecule has 2 aromatic rings. The molecule has 4 atom stereocenters. The van der Waals surface area contributed by atoms with Gasteiger partial charge in [0.2, 0.25) is 11.8 Å².